The molecule has 0 saturated carbocycles. The summed E-state index contributed by atoms with van der Waals surface area (Å²) in [4.78, 5) is 14.4. The standard InChI is InChI=1S/C16H13ClINO2/c17-14-8-11(2-4-15(14)18)16(21)19-6-5-10-1-3-13(20)7-12(10)9-19/h1-4,7-8,20H,5-6,9H2. The van der Waals surface area contributed by atoms with Crippen LogP contribution in [0.1, 0.15) is 21.5 Å². The van der Waals surface area contributed by atoms with E-state index < -0.39 is 0 Å². The first-order valence-electron chi connectivity index (χ1n) is 6.59. The number of hydrogen-bond acceptors (Lipinski definition) is 2. The van der Waals surface area contributed by atoms with E-state index in [4.69, 9.17) is 11.6 Å². The third-order valence-corrected chi connectivity index (χ3v) is 5.23. The Morgan fingerprint density at radius 1 is 1.19 bits per heavy atom. The average molecular weight is 414 g/mol. The lowest BCUT2D eigenvalue weighted by molar-refractivity contribution is 0.0734. The molecule has 0 fully saturated rings. The smallest absolute Gasteiger partial charge is 0.254 e. The summed E-state index contributed by atoms with van der Waals surface area (Å²) in [6, 6.07) is 10.7. The zero-order valence-corrected chi connectivity index (χ0v) is 14.1. The van der Waals surface area contributed by atoms with Crippen molar-refractivity contribution in [2.24, 2.45) is 0 Å². The fourth-order valence-electron chi connectivity index (χ4n) is 2.53. The molecule has 5 heteroatoms. The number of phenolic OH excluding ortho intramolecular Hbond substituents is 1. The van der Waals surface area contributed by atoms with Crippen LogP contribution in [0, 0.1) is 3.57 Å². The van der Waals surface area contributed by atoms with E-state index in [-0.39, 0.29) is 11.7 Å². The number of carbonyl (C=O) groups excluding carboxylic acids is 1. The van der Waals surface area contributed by atoms with Gasteiger partial charge in [-0.25, -0.2) is 0 Å². The van der Waals surface area contributed by atoms with Gasteiger partial charge in [-0.15, -0.1) is 0 Å². The molecule has 0 bridgehead atoms. The van der Waals surface area contributed by atoms with Gasteiger partial charge >= 0.3 is 0 Å². The van der Waals surface area contributed by atoms with E-state index in [1.165, 1.54) is 5.56 Å². The van der Waals surface area contributed by atoms with Gasteiger partial charge in [0.25, 0.3) is 5.91 Å². The topological polar surface area (TPSA) is 40.5 Å². The molecule has 0 saturated heterocycles. The minimum absolute atomic E-state index is 0.0257. The molecule has 2 aromatic carbocycles. The fourth-order valence-corrected chi connectivity index (χ4v) is 3.04. The molecule has 21 heavy (non-hydrogen) atoms. The van der Waals surface area contributed by atoms with Crippen LogP contribution in [0.3, 0.4) is 0 Å². The van der Waals surface area contributed by atoms with Crippen molar-refractivity contribution in [2.75, 3.05) is 6.54 Å². The second-order valence-electron chi connectivity index (χ2n) is 5.06. The number of amides is 1. The molecule has 3 nitrogen and oxygen atoms in total. The Labute approximate surface area is 141 Å². The van der Waals surface area contributed by atoms with Crippen LogP contribution in [0.15, 0.2) is 36.4 Å². The Kier molecular flexibility index (Phi) is 4.08. The number of nitrogens with zero attached hydrogens (tertiary/aromatic N) is 1. The van der Waals surface area contributed by atoms with E-state index >= 15 is 0 Å². The van der Waals surface area contributed by atoms with Crippen LogP contribution in [0.25, 0.3) is 0 Å². The average Bonchev–Trinajstić information content (AvgIpc) is 2.48. The molecule has 0 atom stereocenters. The third-order valence-electron chi connectivity index (χ3n) is 3.66. The van der Waals surface area contributed by atoms with Gasteiger partial charge in [0.05, 0.1) is 5.02 Å². The first-order valence-corrected chi connectivity index (χ1v) is 8.05. The molecule has 2 aromatic rings. The lowest BCUT2D eigenvalue weighted by atomic mass is 9.99. The summed E-state index contributed by atoms with van der Waals surface area (Å²) in [6.45, 7) is 1.20. The van der Waals surface area contributed by atoms with Gasteiger partial charge in [-0.2, -0.15) is 0 Å². The monoisotopic (exact) mass is 413 g/mol. The first-order chi connectivity index (χ1) is 10.0. The molecule has 1 amide bonds. The van der Waals surface area contributed by atoms with E-state index in [2.05, 4.69) is 22.6 Å². The van der Waals surface area contributed by atoms with Gasteiger partial charge in [0.1, 0.15) is 5.75 Å². The van der Waals surface area contributed by atoms with E-state index in [0.717, 1.165) is 15.6 Å². The second-order valence-corrected chi connectivity index (χ2v) is 6.63. The van der Waals surface area contributed by atoms with Gasteiger partial charge in [-0.3, -0.25) is 4.79 Å². The van der Waals surface area contributed by atoms with E-state index in [9.17, 15) is 9.90 Å². The Morgan fingerprint density at radius 2 is 2.00 bits per heavy atom. The highest BCUT2D eigenvalue weighted by Crippen LogP contribution is 2.25. The summed E-state index contributed by atoms with van der Waals surface area (Å²) in [7, 11) is 0. The van der Waals surface area contributed by atoms with Crippen molar-refractivity contribution in [3.05, 3.63) is 61.7 Å². The molecular weight excluding hydrogens is 401 g/mol. The van der Waals surface area contributed by atoms with Crippen LogP contribution in [0.5, 0.6) is 5.75 Å². The number of rotatable bonds is 1. The zero-order valence-electron chi connectivity index (χ0n) is 11.1. The van der Waals surface area contributed by atoms with Crippen molar-refractivity contribution < 1.29 is 9.90 Å². The van der Waals surface area contributed by atoms with Crippen LogP contribution in [-0.4, -0.2) is 22.5 Å². The summed E-state index contributed by atoms with van der Waals surface area (Å²) in [5.41, 5.74) is 2.80. The quantitative estimate of drug-likeness (QED) is 0.722. The summed E-state index contributed by atoms with van der Waals surface area (Å²) >= 11 is 8.23. The lowest BCUT2D eigenvalue weighted by Gasteiger charge is -2.29. The molecule has 1 heterocycles. The number of carbonyl (C=O) groups is 1. The fraction of sp³-hybridized carbons (Fsp3) is 0.188. The van der Waals surface area contributed by atoms with Crippen molar-refractivity contribution >= 4 is 40.1 Å². The summed E-state index contributed by atoms with van der Waals surface area (Å²) in [5.74, 6) is 0.211. The zero-order chi connectivity index (χ0) is 15.0. The third kappa shape index (κ3) is 3.01. The first kappa shape index (κ1) is 14.7. The summed E-state index contributed by atoms with van der Waals surface area (Å²) in [5, 5.41) is 10.2. The second kappa shape index (κ2) is 5.85. The van der Waals surface area contributed by atoms with Gasteiger partial charge in [-0.1, -0.05) is 17.7 Å². The Balaban J connectivity index is 1.85. The van der Waals surface area contributed by atoms with Crippen LogP contribution in [-0.2, 0) is 13.0 Å². The Morgan fingerprint density at radius 3 is 2.76 bits per heavy atom. The van der Waals surface area contributed by atoms with Gasteiger partial charge < -0.3 is 10.0 Å². The van der Waals surface area contributed by atoms with Crippen LogP contribution in [0.2, 0.25) is 5.02 Å². The number of aromatic hydroxyl groups is 1. The van der Waals surface area contributed by atoms with Crippen molar-refractivity contribution in [3.8, 4) is 5.75 Å². The van der Waals surface area contributed by atoms with Crippen molar-refractivity contribution in [1.29, 1.82) is 0 Å². The van der Waals surface area contributed by atoms with E-state index in [1.807, 2.05) is 12.1 Å². The van der Waals surface area contributed by atoms with Gasteiger partial charge in [-0.05, 0) is 70.5 Å². The minimum Gasteiger partial charge on any atom is -0.508 e. The molecule has 0 unspecified atom stereocenters. The normalized spacial score (nSPS) is 13.9. The summed E-state index contributed by atoms with van der Waals surface area (Å²) < 4.78 is 0.930. The van der Waals surface area contributed by atoms with Gasteiger partial charge in [0, 0.05) is 22.2 Å². The molecule has 1 aliphatic rings. The maximum Gasteiger partial charge on any atom is 0.254 e. The molecule has 108 valence electrons. The molecule has 1 N–H and O–H groups in total. The van der Waals surface area contributed by atoms with Crippen molar-refractivity contribution in [2.45, 2.75) is 13.0 Å². The number of fused-ring (bicyclic) bond motifs is 1. The molecule has 0 spiro atoms. The van der Waals surface area contributed by atoms with Crippen molar-refractivity contribution in [1.82, 2.24) is 4.90 Å². The largest absolute Gasteiger partial charge is 0.508 e. The Hall–Kier alpha value is -1.27. The minimum atomic E-state index is -0.0257. The highest BCUT2D eigenvalue weighted by atomic mass is 127. The number of phenols is 1. The van der Waals surface area contributed by atoms with Crippen molar-refractivity contribution in [3.63, 3.8) is 0 Å². The number of halogens is 2. The highest BCUT2D eigenvalue weighted by Gasteiger charge is 2.22. The molecule has 1 aliphatic heterocycles. The Bertz CT molecular complexity index is 717. The van der Waals surface area contributed by atoms with Crippen LogP contribution >= 0.6 is 34.2 Å². The lowest BCUT2D eigenvalue weighted by Crippen LogP contribution is -2.35. The van der Waals surface area contributed by atoms with E-state index in [1.54, 1.807) is 29.2 Å². The van der Waals surface area contributed by atoms with Crippen LogP contribution in [0.4, 0.5) is 0 Å². The molecule has 0 aliphatic carbocycles. The summed E-state index contributed by atoms with van der Waals surface area (Å²) in [6.07, 6.45) is 0.805. The van der Waals surface area contributed by atoms with Gasteiger partial charge in [0.2, 0.25) is 0 Å². The maximum absolute atomic E-state index is 12.6. The highest BCUT2D eigenvalue weighted by molar-refractivity contribution is 14.1. The van der Waals surface area contributed by atoms with Crippen LogP contribution < -0.4 is 0 Å². The molecule has 3 rings (SSSR count). The van der Waals surface area contributed by atoms with E-state index in [0.29, 0.717) is 23.7 Å². The predicted molar refractivity (Wildman–Crippen MR) is 90.7 cm³/mol. The number of hydrogen-bond donors (Lipinski definition) is 1. The molecule has 0 aromatic heterocycles. The molecule has 0 radical (unpaired) electrons. The SMILES string of the molecule is O=C(c1ccc(I)c(Cl)c1)N1CCc2ccc(O)cc2C1. The number of benzene rings is 2. The van der Waals surface area contributed by atoms with Gasteiger partial charge in [0.15, 0.2) is 0 Å². The predicted octanol–water partition coefficient (Wildman–Crippen LogP) is 3.85. The molecular formula is C16H13ClINO2. The maximum atomic E-state index is 12.6.